The van der Waals surface area contributed by atoms with Crippen molar-refractivity contribution in [2.45, 2.75) is 31.0 Å². The standard InChI is InChI=1S/C16H21NO9/c18-7-11(19)14(22)15(23)12(20)9-25-13(21)6-17-16(24)26-8-10-4-2-1-3-5-10/h1-5,7,11-12,14-15,19-20,22-23H,6,8-9H2,(H,17,24)/t11-,12-,14-,15+/m1/s1. The highest BCUT2D eigenvalue weighted by Gasteiger charge is 2.30. The molecule has 1 rings (SSSR count). The first-order valence-corrected chi connectivity index (χ1v) is 7.63. The highest BCUT2D eigenvalue weighted by molar-refractivity contribution is 5.77. The lowest BCUT2D eigenvalue weighted by atomic mass is 10.0. The third kappa shape index (κ3) is 7.57. The van der Waals surface area contributed by atoms with Crippen LogP contribution in [0, 0.1) is 0 Å². The molecule has 0 fully saturated rings. The third-order valence-corrected chi connectivity index (χ3v) is 3.24. The molecule has 10 heteroatoms. The van der Waals surface area contributed by atoms with Crippen LogP contribution in [-0.4, -0.2) is 76.3 Å². The molecule has 0 aliphatic rings. The lowest BCUT2D eigenvalue weighted by Gasteiger charge is -2.23. The number of carbonyl (C=O) groups is 3. The molecule has 0 bridgehead atoms. The molecule has 26 heavy (non-hydrogen) atoms. The predicted molar refractivity (Wildman–Crippen MR) is 85.7 cm³/mol. The molecule has 0 heterocycles. The van der Waals surface area contributed by atoms with Crippen LogP contribution in [0.5, 0.6) is 0 Å². The molecule has 1 amide bonds. The molecular weight excluding hydrogens is 350 g/mol. The first-order valence-electron chi connectivity index (χ1n) is 7.63. The molecule has 0 aliphatic heterocycles. The summed E-state index contributed by atoms with van der Waals surface area (Å²) < 4.78 is 9.47. The Labute approximate surface area is 149 Å². The number of esters is 1. The Kier molecular flexibility index (Phi) is 9.23. The molecule has 144 valence electrons. The van der Waals surface area contributed by atoms with E-state index >= 15 is 0 Å². The Bertz CT molecular complexity index is 580. The van der Waals surface area contributed by atoms with Gasteiger partial charge in [-0.3, -0.25) is 4.79 Å². The number of carbonyl (C=O) groups excluding carboxylic acids is 3. The van der Waals surface area contributed by atoms with Crippen molar-refractivity contribution < 1.29 is 44.3 Å². The van der Waals surface area contributed by atoms with Gasteiger partial charge in [0.1, 0.15) is 44.2 Å². The molecule has 5 N–H and O–H groups in total. The van der Waals surface area contributed by atoms with Gasteiger partial charge in [-0.15, -0.1) is 0 Å². The molecule has 0 radical (unpaired) electrons. The van der Waals surface area contributed by atoms with Crippen molar-refractivity contribution >= 4 is 18.3 Å². The number of hydrogen-bond acceptors (Lipinski definition) is 9. The Morgan fingerprint density at radius 3 is 2.31 bits per heavy atom. The highest BCUT2D eigenvalue weighted by atomic mass is 16.6. The first-order chi connectivity index (χ1) is 12.3. The minimum Gasteiger partial charge on any atom is -0.462 e. The van der Waals surface area contributed by atoms with Crippen LogP contribution in [0.25, 0.3) is 0 Å². The molecule has 1 aromatic carbocycles. The number of alkyl carbamates (subject to hydrolysis) is 1. The quantitative estimate of drug-likeness (QED) is 0.233. The molecule has 10 nitrogen and oxygen atoms in total. The van der Waals surface area contributed by atoms with E-state index in [4.69, 9.17) is 9.84 Å². The summed E-state index contributed by atoms with van der Waals surface area (Å²) in [5.74, 6) is -0.932. The van der Waals surface area contributed by atoms with Gasteiger partial charge in [-0.25, -0.2) is 4.79 Å². The second-order valence-electron chi connectivity index (χ2n) is 5.27. The van der Waals surface area contributed by atoms with Gasteiger partial charge in [0.2, 0.25) is 0 Å². The van der Waals surface area contributed by atoms with Crippen molar-refractivity contribution in [2.75, 3.05) is 13.2 Å². The molecule has 0 unspecified atom stereocenters. The molecule has 4 atom stereocenters. The smallest absolute Gasteiger partial charge is 0.407 e. The van der Waals surface area contributed by atoms with E-state index in [1.807, 2.05) is 6.07 Å². The lowest BCUT2D eigenvalue weighted by molar-refractivity contribution is -0.155. The predicted octanol–water partition coefficient (Wildman–Crippen LogP) is -1.90. The number of aliphatic hydroxyl groups excluding tert-OH is 4. The van der Waals surface area contributed by atoms with E-state index in [0.29, 0.717) is 0 Å². The molecule has 1 aromatic rings. The number of nitrogens with one attached hydrogen (secondary N) is 1. The van der Waals surface area contributed by atoms with E-state index in [2.05, 4.69) is 10.1 Å². The van der Waals surface area contributed by atoms with Crippen molar-refractivity contribution in [3.63, 3.8) is 0 Å². The van der Waals surface area contributed by atoms with Gasteiger partial charge >= 0.3 is 12.1 Å². The fraction of sp³-hybridized carbons (Fsp3) is 0.438. The fourth-order valence-corrected chi connectivity index (χ4v) is 1.76. The molecule has 0 aliphatic carbocycles. The fourth-order valence-electron chi connectivity index (χ4n) is 1.76. The summed E-state index contributed by atoms with van der Waals surface area (Å²) in [5.41, 5.74) is 0.762. The zero-order valence-corrected chi connectivity index (χ0v) is 13.7. The van der Waals surface area contributed by atoms with Crippen molar-refractivity contribution in [2.24, 2.45) is 0 Å². The SMILES string of the molecule is O=C[C@@H](O)[C@@H](O)[C@@H](O)[C@H](O)COC(=O)CNC(=O)OCc1ccccc1. The molecule has 0 saturated heterocycles. The topological polar surface area (TPSA) is 163 Å². The number of aliphatic hydroxyl groups is 4. The highest BCUT2D eigenvalue weighted by Crippen LogP contribution is 2.05. The van der Waals surface area contributed by atoms with Gasteiger partial charge in [-0.05, 0) is 5.56 Å². The average molecular weight is 371 g/mol. The Balaban J connectivity index is 2.25. The second-order valence-corrected chi connectivity index (χ2v) is 5.27. The number of amides is 1. The van der Waals surface area contributed by atoms with Crippen LogP contribution in [0.4, 0.5) is 4.79 Å². The normalized spacial score (nSPS) is 15.2. The van der Waals surface area contributed by atoms with Gasteiger partial charge in [-0.2, -0.15) is 0 Å². The minimum atomic E-state index is -1.94. The van der Waals surface area contributed by atoms with Gasteiger partial charge in [0.25, 0.3) is 0 Å². The van der Waals surface area contributed by atoms with E-state index in [-0.39, 0.29) is 12.9 Å². The Morgan fingerprint density at radius 1 is 1.04 bits per heavy atom. The summed E-state index contributed by atoms with van der Waals surface area (Å²) >= 11 is 0. The summed E-state index contributed by atoms with van der Waals surface area (Å²) in [6, 6.07) is 8.87. The summed E-state index contributed by atoms with van der Waals surface area (Å²) in [7, 11) is 0. The number of ether oxygens (including phenoxy) is 2. The zero-order chi connectivity index (χ0) is 19.5. The lowest BCUT2D eigenvalue weighted by Crippen LogP contribution is -2.47. The largest absolute Gasteiger partial charge is 0.462 e. The van der Waals surface area contributed by atoms with E-state index in [0.717, 1.165) is 5.56 Å². The third-order valence-electron chi connectivity index (χ3n) is 3.24. The van der Waals surface area contributed by atoms with Gasteiger partial charge in [0, 0.05) is 0 Å². The Hall–Kier alpha value is -2.53. The first kappa shape index (κ1) is 21.5. The Morgan fingerprint density at radius 2 is 1.69 bits per heavy atom. The van der Waals surface area contributed by atoms with Crippen LogP contribution in [0.15, 0.2) is 30.3 Å². The van der Waals surface area contributed by atoms with Crippen LogP contribution >= 0.6 is 0 Å². The number of rotatable bonds is 10. The van der Waals surface area contributed by atoms with Crippen LogP contribution in [0.1, 0.15) is 5.56 Å². The maximum Gasteiger partial charge on any atom is 0.407 e. The summed E-state index contributed by atoms with van der Waals surface area (Å²) in [4.78, 5) is 33.2. The molecular formula is C16H21NO9. The number of hydrogen-bond donors (Lipinski definition) is 5. The van der Waals surface area contributed by atoms with Crippen molar-refractivity contribution in [3.05, 3.63) is 35.9 Å². The maximum absolute atomic E-state index is 11.5. The molecule has 0 aromatic heterocycles. The van der Waals surface area contributed by atoms with E-state index in [9.17, 15) is 29.7 Å². The summed E-state index contributed by atoms with van der Waals surface area (Å²) in [6.07, 6.45) is -8.35. The second kappa shape index (κ2) is 11.2. The minimum absolute atomic E-state index is 0.0163. The van der Waals surface area contributed by atoms with Gasteiger partial charge in [-0.1, -0.05) is 30.3 Å². The summed E-state index contributed by atoms with van der Waals surface area (Å²) in [6.45, 7) is -1.25. The van der Waals surface area contributed by atoms with Crippen molar-refractivity contribution in [1.82, 2.24) is 5.32 Å². The van der Waals surface area contributed by atoms with Gasteiger partial charge in [0.05, 0.1) is 0 Å². The van der Waals surface area contributed by atoms with Crippen molar-refractivity contribution in [3.8, 4) is 0 Å². The van der Waals surface area contributed by atoms with Crippen LogP contribution in [-0.2, 0) is 25.7 Å². The molecule has 0 spiro atoms. The van der Waals surface area contributed by atoms with Crippen LogP contribution in [0.3, 0.4) is 0 Å². The van der Waals surface area contributed by atoms with E-state index in [1.54, 1.807) is 24.3 Å². The number of aldehydes is 1. The zero-order valence-electron chi connectivity index (χ0n) is 13.7. The summed E-state index contributed by atoms with van der Waals surface area (Å²) in [5, 5.41) is 39.6. The van der Waals surface area contributed by atoms with Crippen molar-refractivity contribution in [1.29, 1.82) is 0 Å². The van der Waals surface area contributed by atoms with Crippen LogP contribution in [0.2, 0.25) is 0 Å². The maximum atomic E-state index is 11.5. The van der Waals surface area contributed by atoms with Gasteiger partial charge in [0.15, 0.2) is 6.29 Å². The number of benzene rings is 1. The monoisotopic (exact) mass is 371 g/mol. The average Bonchev–Trinajstić information content (AvgIpc) is 2.67. The van der Waals surface area contributed by atoms with Gasteiger partial charge < -0.3 is 40.0 Å². The molecule has 0 saturated carbocycles. The van der Waals surface area contributed by atoms with E-state index < -0.39 is 49.6 Å². The van der Waals surface area contributed by atoms with Crippen LogP contribution < -0.4 is 5.32 Å². The van der Waals surface area contributed by atoms with E-state index in [1.165, 1.54) is 0 Å².